The highest BCUT2D eigenvalue weighted by Crippen LogP contribution is 2.31. The maximum absolute atomic E-state index is 12.6. The van der Waals surface area contributed by atoms with Gasteiger partial charge in [-0.1, -0.05) is 29.8 Å². The molecule has 0 radical (unpaired) electrons. The van der Waals surface area contributed by atoms with Gasteiger partial charge in [-0.2, -0.15) is 0 Å². The molecule has 0 spiro atoms. The van der Waals surface area contributed by atoms with E-state index in [-0.39, 0.29) is 0 Å². The van der Waals surface area contributed by atoms with Crippen LogP contribution in [0.15, 0.2) is 48.7 Å². The molecule has 1 N–H and O–H groups in total. The first kappa shape index (κ1) is 19.6. The third-order valence-corrected chi connectivity index (χ3v) is 4.65. The number of aromatic nitrogens is 1. The van der Waals surface area contributed by atoms with Crippen LogP contribution in [0.5, 0.6) is 5.75 Å². The van der Waals surface area contributed by atoms with Crippen molar-refractivity contribution in [3.05, 3.63) is 64.8 Å². The molecule has 0 aliphatic carbocycles. The summed E-state index contributed by atoms with van der Waals surface area (Å²) in [7, 11) is 1.48. The summed E-state index contributed by atoms with van der Waals surface area (Å²) >= 11 is 6.08. The number of carbonyl (C=O) groups excluding carboxylic acids is 2. The van der Waals surface area contributed by atoms with Crippen LogP contribution < -0.4 is 10.1 Å². The van der Waals surface area contributed by atoms with E-state index in [4.69, 9.17) is 21.1 Å². The minimum Gasteiger partial charge on any atom is -0.495 e. The van der Waals surface area contributed by atoms with Crippen LogP contribution in [-0.4, -0.2) is 30.1 Å². The van der Waals surface area contributed by atoms with Crippen molar-refractivity contribution >= 4 is 40.1 Å². The number of hydrogen-bond donors (Lipinski definition) is 1. The summed E-state index contributed by atoms with van der Waals surface area (Å²) in [5, 5.41) is 4.05. The van der Waals surface area contributed by atoms with Gasteiger partial charge in [-0.3, -0.25) is 9.78 Å². The summed E-state index contributed by atoms with van der Waals surface area (Å²) in [6, 6.07) is 12.2. The number of fused-ring (bicyclic) bond motifs is 1. The molecule has 0 aliphatic rings. The van der Waals surface area contributed by atoms with Crippen LogP contribution in [-0.2, 0) is 9.53 Å². The molecule has 0 unspecified atom stereocenters. The number of benzene rings is 2. The van der Waals surface area contributed by atoms with Crippen LogP contribution in [0.3, 0.4) is 0 Å². The standard InChI is InChI=1S/C21H19ClN2O4/c1-12-10-17(18(27-3)11-16(12)22)24-20(25)13(2)28-21(26)15-8-4-6-14-7-5-9-23-19(14)15/h4-11,13H,1-3H3,(H,24,25)/t13-/m1/s1. The lowest BCUT2D eigenvalue weighted by Crippen LogP contribution is -2.30. The summed E-state index contributed by atoms with van der Waals surface area (Å²) in [6.45, 7) is 3.31. The van der Waals surface area contributed by atoms with Gasteiger partial charge in [-0.25, -0.2) is 4.79 Å². The number of aryl methyl sites for hydroxylation is 1. The molecule has 6 nitrogen and oxygen atoms in total. The number of hydrogen-bond acceptors (Lipinski definition) is 5. The van der Waals surface area contributed by atoms with E-state index in [2.05, 4.69) is 10.3 Å². The summed E-state index contributed by atoms with van der Waals surface area (Å²) in [4.78, 5) is 29.3. The van der Waals surface area contributed by atoms with Gasteiger partial charge in [0.2, 0.25) is 0 Å². The predicted molar refractivity (Wildman–Crippen MR) is 108 cm³/mol. The molecular formula is C21H19ClN2O4. The Kier molecular flexibility index (Phi) is 5.80. The van der Waals surface area contributed by atoms with Crippen molar-refractivity contribution in [3.8, 4) is 5.75 Å². The van der Waals surface area contributed by atoms with E-state index in [1.165, 1.54) is 14.0 Å². The number of rotatable bonds is 5. The Morgan fingerprint density at radius 1 is 1.18 bits per heavy atom. The van der Waals surface area contributed by atoms with E-state index < -0.39 is 18.0 Å². The van der Waals surface area contributed by atoms with Gasteiger partial charge in [-0.15, -0.1) is 0 Å². The van der Waals surface area contributed by atoms with Crippen LogP contribution in [0.25, 0.3) is 10.9 Å². The van der Waals surface area contributed by atoms with Crippen LogP contribution in [0.1, 0.15) is 22.8 Å². The summed E-state index contributed by atoms with van der Waals surface area (Å²) in [6.07, 6.45) is 0.580. The molecule has 2 aromatic carbocycles. The lowest BCUT2D eigenvalue weighted by molar-refractivity contribution is -0.123. The molecule has 1 atom stereocenters. The van der Waals surface area contributed by atoms with Gasteiger partial charge in [0.15, 0.2) is 6.10 Å². The molecule has 3 rings (SSSR count). The second kappa shape index (κ2) is 8.27. The number of ether oxygens (including phenoxy) is 2. The van der Waals surface area contributed by atoms with Crippen molar-refractivity contribution in [1.29, 1.82) is 0 Å². The predicted octanol–water partition coefficient (Wildman–Crippen LogP) is 4.39. The van der Waals surface area contributed by atoms with E-state index in [9.17, 15) is 9.59 Å². The molecular weight excluding hydrogens is 380 g/mol. The van der Waals surface area contributed by atoms with Crippen molar-refractivity contribution in [2.75, 3.05) is 12.4 Å². The van der Waals surface area contributed by atoms with Gasteiger partial charge < -0.3 is 14.8 Å². The second-order valence-electron chi connectivity index (χ2n) is 6.22. The molecule has 144 valence electrons. The maximum Gasteiger partial charge on any atom is 0.341 e. The minimum absolute atomic E-state index is 0.303. The molecule has 0 saturated heterocycles. The highest BCUT2D eigenvalue weighted by molar-refractivity contribution is 6.31. The van der Waals surface area contributed by atoms with Crippen molar-refractivity contribution in [1.82, 2.24) is 4.98 Å². The number of nitrogens with zero attached hydrogens (tertiary/aromatic N) is 1. The zero-order valence-electron chi connectivity index (χ0n) is 15.7. The average molecular weight is 399 g/mol. The quantitative estimate of drug-likeness (QED) is 0.645. The SMILES string of the molecule is COc1cc(Cl)c(C)cc1NC(=O)[C@@H](C)OC(=O)c1cccc2cccnc12. The summed E-state index contributed by atoms with van der Waals surface area (Å²) < 4.78 is 10.6. The fourth-order valence-electron chi connectivity index (χ4n) is 2.71. The van der Waals surface area contributed by atoms with E-state index in [0.29, 0.717) is 27.5 Å². The van der Waals surface area contributed by atoms with Gasteiger partial charge in [-0.05, 0) is 37.6 Å². The minimum atomic E-state index is -1.02. The number of nitrogens with one attached hydrogen (secondary N) is 1. The molecule has 0 bridgehead atoms. The molecule has 1 heterocycles. The number of methoxy groups -OCH3 is 1. The van der Waals surface area contributed by atoms with Crippen LogP contribution >= 0.6 is 11.6 Å². The Balaban J connectivity index is 1.76. The first-order valence-corrected chi connectivity index (χ1v) is 8.98. The van der Waals surface area contributed by atoms with Gasteiger partial charge in [0.05, 0.1) is 23.9 Å². The largest absolute Gasteiger partial charge is 0.495 e. The molecule has 0 fully saturated rings. The van der Waals surface area contributed by atoms with Gasteiger partial charge in [0, 0.05) is 22.7 Å². The number of amides is 1. The Bertz CT molecular complexity index is 1050. The van der Waals surface area contributed by atoms with Crippen LogP contribution in [0.2, 0.25) is 5.02 Å². The lowest BCUT2D eigenvalue weighted by Gasteiger charge is -2.16. The number of para-hydroxylation sites is 1. The number of esters is 1. The number of carbonyl (C=O) groups is 2. The van der Waals surface area contributed by atoms with Crippen molar-refractivity contribution in [2.45, 2.75) is 20.0 Å². The van der Waals surface area contributed by atoms with Crippen LogP contribution in [0.4, 0.5) is 5.69 Å². The highest BCUT2D eigenvalue weighted by Gasteiger charge is 2.22. The Hall–Kier alpha value is -3.12. The smallest absolute Gasteiger partial charge is 0.341 e. The highest BCUT2D eigenvalue weighted by atomic mass is 35.5. The van der Waals surface area contributed by atoms with Gasteiger partial charge >= 0.3 is 5.97 Å². The van der Waals surface area contributed by atoms with Crippen molar-refractivity contribution in [2.24, 2.45) is 0 Å². The van der Waals surface area contributed by atoms with E-state index in [0.717, 1.165) is 10.9 Å². The van der Waals surface area contributed by atoms with Crippen molar-refractivity contribution in [3.63, 3.8) is 0 Å². The Morgan fingerprint density at radius 3 is 2.68 bits per heavy atom. The molecule has 3 aromatic rings. The van der Waals surface area contributed by atoms with E-state index in [1.54, 1.807) is 36.5 Å². The van der Waals surface area contributed by atoms with E-state index >= 15 is 0 Å². The molecule has 1 amide bonds. The normalized spacial score (nSPS) is 11.7. The first-order chi connectivity index (χ1) is 13.4. The zero-order chi connectivity index (χ0) is 20.3. The average Bonchev–Trinajstić information content (AvgIpc) is 2.69. The number of halogens is 1. The molecule has 28 heavy (non-hydrogen) atoms. The van der Waals surface area contributed by atoms with Gasteiger partial charge in [0.1, 0.15) is 5.75 Å². The third kappa shape index (κ3) is 4.07. The number of anilines is 1. The van der Waals surface area contributed by atoms with Crippen LogP contribution in [0, 0.1) is 6.92 Å². The fourth-order valence-corrected chi connectivity index (χ4v) is 2.86. The number of pyridine rings is 1. The third-order valence-electron chi connectivity index (χ3n) is 4.24. The second-order valence-corrected chi connectivity index (χ2v) is 6.63. The van der Waals surface area contributed by atoms with Gasteiger partial charge in [0.25, 0.3) is 5.91 Å². The first-order valence-electron chi connectivity index (χ1n) is 8.60. The monoisotopic (exact) mass is 398 g/mol. The topological polar surface area (TPSA) is 77.5 Å². The molecule has 0 aliphatic heterocycles. The Labute approximate surface area is 167 Å². The summed E-state index contributed by atoms with van der Waals surface area (Å²) in [5.74, 6) is -0.687. The lowest BCUT2D eigenvalue weighted by atomic mass is 10.1. The van der Waals surface area contributed by atoms with E-state index in [1.807, 2.05) is 19.1 Å². The zero-order valence-corrected chi connectivity index (χ0v) is 16.4. The van der Waals surface area contributed by atoms with Crippen molar-refractivity contribution < 1.29 is 19.1 Å². The molecule has 0 saturated carbocycles. The molecule has 1 aromatic heterocycles. The maximum atomic E-state index is 12.6. The molecule has 7 heteroatoms. The summed E-state index contributed by atoms with van der Waals surface area (Å²) in [5.41, 5.74) is 2.06. The Morgan fingerprint density at radius 2 is 1.93 bits per heavy atom. The fraction of sp³-hybridized carbons (Fsp3) is 0.190.